The lowest BCUT2D eigenvalue weighted by molar-refractivity contribution is 0.260. The van der Waals surface area contributed by atoms with Crippen molar-refractivity contribution in [3.05, 3.63) is 71.4 Å². The van der Waals surface area contributed by atoms with Crippen molar-refractivity contribution < 1.29 is 0 Å². The van der Waals surface area contributed by atoms with E-state index >= 15 is 0 Å². The molecule has 3 nitrogen and oxygen atoms in total. The lowest BCUT2D eigenvalue weighted by atomic mass is 10.1. The van der Waals surface area contributed by atoms with Gasteiger partial charge in [-0.05, 0) is 30.3 Å². The third-order valence-corrected chi connectivity index (χ3v) is 5.12. The first kappa shape index (κ1) is 16.4. The lowest BCUT2D eigenvalue weighted by Gasteiger charge is -2.36. The molecule has 0 saturated carbocycles. The van der Waals surface area contributed by atoms with Crippen LogP contribution in [-0.4, -0.2) is 42.6 Å². The Kier molecular flexibility index (Phi) is 4.86. The van der Waals surface area contributed by atoms with Crippen molar-refractivity contribution in [1.29, 1.82) is 0 Å². The number of fused-ring (bicyclic) bond motifs is 1. The van der Waals surface area contributed by atoms with Gasteiger partial charge in [-0.2, -0.15) is 0 Å². The molecule has 0 atom stereocenters. The smallest absolute Gasteiger partial charge is 0.0705 e. The van der Waals surface area contributed by atoms with Crippen LogP contribution in [0.2, 0.25) is 5.02 Å². The number of piperazine rings is 1. The van der Waals surface area contributed by atoms with Gasteiger partial charge < -0.3 is 4.90 Å². The predicted molar refractivity (Wildman–Crippen MR) is 106 cm³/mol. The molecule has 0 unspecified atom stereocenters. The summed E-state index contributed by atoms with van der Waals surface area (Å²) >= 11 is 6.11. The van der Waals surface area contributed by atoms with E-state index in [-0.39, 0.29) is 0 Å². The van der Waals surface area contributed by atoms with Crippen LogP contribution in [0.15, 0.2) is 60.7 Å². The maximum Gasteiger partial charge on any atom is 0.0705 e. The van der Waals surface area contributed by atoms with Crippen LogP contribution in [-0.2, 0) is 6.42 Å². The number of nitrogens with zero attached hydrogens (tertiary/aromatic N) is 3. The molecule has 0 aliphatic carbocycles. The summed E-state index contributed by atoms with van der Waals surface area (Å²) in [4.78, 5) is 9.72. The van der Waals surface area contributed by atoms with Gasteiger partial charge in [0.05, 0.1) is 5.52 Å². The van der Waals surface area contributed by atoms with E-state index in [4.69, 9.17) is 16.6 Å². The number of rotatable bonds is 4. The third kappa shape index (κ3) is 3.94. The van der Waals surface area contributed by atoms with Crippen molar-refractivity contribution in [1.82, 2.24) is 9.88 Å². The Labute approximate surface area is 153 Å². The first-order valence-electron chi connectivity index (χ1n) is 8.85. The Balaban J connectivity index is 1.32. The average molecular weight is 352 g/mol. The average Bonchev–Trinajstić information content (AvgIpc) is 2.66. The molecule has 1 fully saturated rings. The molecule has 0 N–H and O–H groups in total. The molecule has 4 rings (SSSR count). The van der Waals surface area contributed by atoms with Gasteiger partial charge in [-0.15, -0.1) is 0 Å². The molecule has 0 amide bonds. The van der Waals surface area contributed by atoms with E-state index in [0.717, 1.165) is 49.7 Å². The van der Waals surface area contributed by atoms with Crippen LogP contribution in [0, 0.1) is 0 Å². The van der Waals surface area contributed by atoms with Gasteiger partial charge in [0.1, 0.15) is 0 Å². The summed E-state index contributed by atoms with van der Waals surface area (Å²) in [6.45, 7) is 5.33. The fourth-order valence-corrected chi connectivity index (χ4v) is 3.61. The quantitative estimate of drug-likeness (QED) is 0.700. The highest BCUT2D eigenvalue weighted by atomic mass is 35.5. The summed E-state index contributed by atoms with van der Waals surface area (Å²) in [5, 5.41) is 2.02. The minimum Gasteiger partial charge on any atom is -0.369 e. The molecule has 0 spiro atoms. The molecule has 0 bridgehead atoms. The van der Waals surface area contributed by atoms with Crippen molar-refractivity contribution >= 4 is 28.2 Å². The van der Waals surface area contributed by atoms with Crippen LogP contribution < -0.4 is 4.90 Å². The fraction of sp³-hybridized carbons (Fsp3) is 0.286. The molecule has 128 valence electrons. The van der Waals surface area contributed by atoms with Crippen LogP contribution in [0.3, 0.4) is 0 Å². The van der Waals surface area contributed by atoms with Gasteiger partial charge in [0, 0.05) is 60.9 Å². The van der Waals surface area contributed by atoms with Gasteiger partial charge in [-0.1, -0.05) is 41.9 Å². The number of halogens is 1. The summed E-state index contributed by atoms with van der Waals surface area (Å²) < 4.78 is 0. The highest BCUT2D eigenvalue weighted by molar-refractivity contribution is 6.30. The maximum atomic E-state index is 6.11. The van der Waals surface area contributed by atoms with E-state index in [2.05, 4.69) is 52.3 Å². The van der Waals surface area contributed by atoms with Gasteiger partial charge in [0.25, 0.3) is 0 Å². The van der Waals surface area contributed by atoms with Crippen molar-refractivity contribution in [2.45, 2.75) is 6.42 Å². The van der Waals surface area contributed by atoms with E-state index in [1.54, 1.807) is 0 Å². The summed E-state index contributed by atoms with van der Waals surface area (Å²) in [7, 11) is 0. The van der Waals surface area contributed by atoms with Crippen LogP contribution in [0.25, 0.3) is 10.9 Å². The molecule has 25 heavy (non-hydrogen) atoms. The van der Waals surface area contributed by atoms with Gasteiger partial charge in [0.15, 0.2) is 0 Å². The van der Waals surface area contributed by atoms with Crippen molar-refractivity contribution in [2.75, 3.05) is 37.6 Å². The number of anilines is 1. The normalized spacial score (nSPS) is 15.6. The zero-order valence-corrected chi connectivity index (χ0v) is 15.0. The van der Waals surface area contributed by atoms with Crippen molar-refractivity contribution in [3.63, 3.8) is 0 Å². The molecule has 0 radical (unpaired) electrons. The Morgan fingerprint density at radius 2 is 1.72 bits per heavy atom. The number of benzene rings is 2. The zero-order valence-electron chi connectivity index (χ0n) is 14.2. The summed E-state index contributed by atoms with van der Waals surface area (Å²) in [6, 6.07) is 20.8. The molecule has 1 aliphatic heterocycles. The summed E-state index contributed by atoms with van der Waals surface area (Å²) in [6.07, 6.45) is 1.00. The number of para-hydroxylation sites is 1. The van der Waals surface area contributed by atoms with E-state index in [1.807, 2.05) is 18.2 Å². The van der Waals surface area contributed by atoms with Crippen molar-refractivity contribution in [2.24, 2.45) is 0 Å². The maximum absolute atomic E-state index is 6.11. The molecule has 2 heterocycles. The molecular formula is C21H22ClN3. The highest BCUT2D eigenvalue weighted by Gasteiger charge is 2.17. The second-order valence-corrected chi connectivity index (χ2v) is 6.99. The van der Waals surface area contributed by atoms with Crippen LogP contribution in [0.5, 0.6) is 0 Å². The molecular weight excluding hydrogens is 330 g/mol. The summed E-state index contributed by atoms with van der Waals surface area (Å²) in [5.41, 5.74) is 3.49. The monoisotopic (exact) mass is 351 g/mol. The minimum absolute atomic E-state index is 0.808. The van der Waals surface area contributed by atoms with Crippen LogP contribution in [0.4, 0.5) is 5.69 Å². The van der Waals surface area contributed by atoms with E-state index in [9.17, 15) is 0 Å². The first-order valence-corrected chi connectivity index (χ1v) is 9.23. The van der Waals surface area contributed by atoms with Gasteiger partial charge >= 0.3 is 0 Å². The van der Waals surface area contributed by atoms with E-state index in [1.165, 1.54) is 16.8 Å². The van der Waals surface area contributed by atoms with Gasteiger partial charge in [0.2, 0.25) is 0 Å². The second-order valence-electron chi connectivity index (χ2n) is 6.55. The molecule has 1 aromatic heterocycles. The number of aromatic nitrogens is 1. The largest absolute Gasteiger partial charge is 0.369 e. The molecule has 3 aromatic rings. The van der Waals surface area contributed by atoms with Gasteiger partial charge in [-0.25, -0.2) is 0 Å². The SMILES string of the molecule is Clc1cccc(N2CCN(CCc3ccc4ccccc4n3)CC2)c1. The first-order chi connectivity index (χ1) is 12.3. The van der Waals surface area contributed by atoms with Crippen LogP contribution >= 0.6 is 11.6 Å². The van der Waals surface area contributed by atoms with E-state index in [0.29, 0.717) is 0 Å². The second kappa shape index (κ2) is 7.42. The molecule has 4 heteroatoms. The topological polar surface area (TPSA) is 19.4 Å². The molecule has 2 aromatic carbocycles. The number of hydrogen-bond acceptors (Lipinski definition) is 3. The Bertz CT molecular complexity index is 856. The lowest BCUT2D eigenvalue weighted by Crippen LogP contribution is -2.47. The molecule has 1 aliphatic rings. The van der Waals surface area contributed by atoms with Crippen molar-refractivity contribution in [3.8, 4) is 0 Å². The Morgan fingerprint density at radius 1 is 0.880 bits per heavy atom. The highest BCUT2D eigenvalue weighted by Crippen LogP contribution is 2.21. The zero-order chi connectivity index (χ0) is 17.1. The van der Waals surface area contributed by atoms with Gasteiger partial charge in [-0.3, -0.25) is 9.88 Å². The molecule has 1 saturated heterocycles. The Morgan fingerprint density at radius 3 is 2.56 bits per heavy atom. The fourth-order valence-electron chi connectivity index (χ4n) is 3.42. The van der Waals surface area contributed by atoms with Crippen LogP contribution in [0.1, 0.15) is 5.69 Å². The number of hydrogen-bond donors (Lipinski definition) is 0. The third-order valence-electron chi connectivity index (χ3n) is 4.89. The standard InChI is InChI=1S/C21H22ClN3/c22-18-5-3-6-20(16-18)25-14-12-24(13-15-25)11-10-19-9-8-17-4-1-2-7-21(17)23-19/h1-9,16H,10-15H2. The minimum atomic E-state index is 0.808. The summed E-state index contributed by atoms with van der Waals surface area (Å²) in [5.74, 6) is 0. The number of pyridine rings is 1. The predicted octanol–water partition coefficient (Wildman–Crippen LogP) is 4.25. The Hall–Kier alpha value is -2.10. The van der Waals surface area contributed by atoms with E-state index < -0.39 is 0 Å².